The van der Waals surface area contributed by atoms with Crippen molar-refractivity contribution in [3.63, 3.8) is 0 Å². The van der Waals surface area contributed by atoms with Crippen molar-refractivity contribution in [1.29, 1.82) is 0 Å². The molecule has 0 saturated carbocycles. The zero-order valence-corrected chi connectivity index (χ0v) is 17.0. The summed E-state index contributed by atoms with van der Waals surface area (Å²) >= 11 is 0. The van der Waals surface area contributed by atoms with E-state index in [1.54, 1.807) is 33.8 Å². The summed E-state index contributed by atoms with van der Waals surface area (Å²) < 4.78 is 5.26. The Hall–Kier alpha value is -3.49. The smallest absolute Gasteiger partial charge is 0.408 e. The van der Waals surface area contributed by atoms with Gasteiger partial charge in [0, 0.05) is 6.08 Å². The molecule has 0 aromatic carbocycles. The van der Waals surface area contributed by atoms with Crippen LogP contribution in [0, 0.1) is 10.1 Å². The minimum absolute atomic E-state index is 0.0438. The number of nitrogens with zero attached hydrogens (tertiary/aromatic N) is 2. The fraction of sp³-hybridized carbons (Fsp3) is 0.350. The van der Waals surface area contributed by atoms with E-state index in [-0.39, 0.29) is 16.8 Å². The second-order valence-electron chi connectivity index (χ2n) is 7.01. The topological polar surface area (TPSA) is 127 Å². The molecule has 156 valence electrons. The highest BCUT2D eigenvalue weighted by molar-refractivity contribution is 5.76. The van der Waals surface area contributed by atoms with Gasteiger partial charge in [-0.05, 0) is 40.2 Å². The van der Waals surface area contributed by atoms with Gasteiger partial charge in [-0.1, -0.05) is 24.8 Å². The maximum Gasteiger partial charge on any atom is 0.408 e. The van der Waals surface area contributed by atoms with Crippen LogP contribution in [0.25, 0.3) is 5.57 Å². The minimum Gasteiger partial charge on any atom is -0.444 e. The van der Waals surface area contributed by atoms with Gasteiger partial charge in [0.2, 0.25) is 0 Å². The highest BCUT2D eigenvalue weighted by atomic mass is 16.6. The summed E-state index contributed by atoms with van der Waals surface area (Å²) in [6.07, 6.45) is 5.13. The molecule has 0 unspecified atom stereocenters. The average Bonchev–Trinajstić information content (AvgIpc) is 2.61. The highest BCUT2D eigenvalue weighted by Gasteiger charge is 2.24. The van der Waals surface area contributed by atoms with Crippen molar-refractivity contribution in [2.24, 2.45) is 0 Å². The van der Waals surface area contributed by atoms with Gasteiger partial charge < -0.3 is 10.1 Å². The number of nitrogens with one attached hydrogen (secondary N) is 2. The van der Waals surface area contributed by atoms with Crippen LogP contribution in [0.1, 0.15) is 51.4 Å². The Morgan fingerprint density at radius 2 is 2.10 bits per heavy atom. The first-order valence-corrected chi connectivity index (χ1v) is 8.88. The molecule has 0 aliphatic rings. The van der Waals surface area contributed by atoms with E-state index in [2.05, 4.69) is 28.7 Å². The first kappa shape index (κ1) is 23.5. The van der Waals surface area contributed by atoms with Crippen molar-refractivity contribution in [2.75, 3.05) is 0 Å². The summed E-state index contributed by atoms with van der Waals surface area (Å²) in [7, 11) is 0. The molecule has 1 atom stereocenters. The molecular weight excluding hydrogens is 376 g/mol. The zero-order valence-electron chi connectivity index (χ0n) is 17.0. The Morgan fingerprint density at radius 1 is 1.45 bits per heavy atom. The van der Waals surface area contributed by atoms with Gasteiger partial charge in [-0.15, -0.1) is 6.58 Å². The molecule has 0 spiro atoms. The van der Waals surface area contributed by atoms with Crippen LogP contribution in [-0.4, -0.2) is 26.8 Å². The Kier molecular flexibility index (Phi) is 8.25. The van der Waals surface area contributed by atoms with Crippen LogP contribution in [0.5, 0.6) is 0 Å². The van der Waals surface area contributed by atoms with Crippen LogP contribution in [0.3, 0.4) is 0 Å². The highest BCUT2D eigenvalue weighted by Crippen LogP contribution is 2.24. The number of H-pyrrole nitrogens is 1. The van der Waals surface area contributed by atoms with Crippen LogP contribution in [0.2, 0.25) is 0 Å². The van der Waals surface area contributed by atoms with Gasteiger partial charge in [-0.3, -0.25) is 14.9 Å². The van der Waals surface area contributed by atoms with Crippen LogP contribution in [-0.2, 0) is 4.74 Å². The normalized spacial score (nSPS) is 13.4. The van der Waals surface area contributed by atoms with Crippen molar-refractivity contribution < 1.29 is 14.5 Å². The number of ether oxygens (including phenoxy) is 1. The van der Waals surface area contributed by atoms with E-state index < -0.39 is 28.2 Å². The quantitative estimate of drug-likeness (QED) is 0.296. The first-order valence-electron chi connectivity index (χ1n) is 8.88. The van der Waals surface area contributed by atoms with Gasteiger partial charge in [0.05, 0.1) is 27.8 Å². The average molecular weight is 402 g/mol. The van der Waals surface area contributed by atoms with Crippen molar-refractivity contribution >= 4 is 11.7 Å². The van der Waals surface area contributed by atoms with Crippen molar-refractivity contribution in [3.05, 3.63) is 81.0 Å². The van der Waals surface area contributed by atoms with Gasteiger partial charge in [-0.25, -0.2) is 9.89 Å². The van der Waals surface area contributed by atoms with Gasteiger partial charge >= 0.3 is 6.09 Å². The SMILES string of the molecule is C=C/C=C(\C(=C/C)c1cc([C@H](CC=C)NC(=O)OC(C)(C)C)n[nH]c1=O)[N+](=O)[O-]. The third-order valence-electron chi connectivity index (χ3n) is 3.60. The Labute approximate surface area is 169 Å². The fourth-order valence-corrected chi connectivity index (χ4v) is 2.47. The number of nitro groups is 1. The molecule has 29 heavy (non-hydrogen) atoms. The van der Waals surface area contributed by atoms with E-state index in [1.807, 2.05) is 0 Å². The number of carbonyl (C=O) groups excluding carboxylic acids is 1. The molecule has 0 fully saturated rings. The van der Waals surface area contributed by atoms with E-state index in [4.69, 9.17) is 4.74 Å². The van der Waals surface area contributed by atoms with Crippen LogP contribution in [0.4, 0.5) is 4.79 Å². The fourth-order valence-electron chi connectivity index (χ4n) is 2.47. The number of allylic oxidation sites excluding steroid dienone is 4. The van der Waals surface area contributed by atoms with E-state index in [9.17, 15) is 19.7 Å². The number of hydrogen-bond acceptors (Lipinski definition) is 6. The molecule has 2 N–H and O–H groups in total. The molecule has 1 amide bonds. The summed E-state index contributed by atoms with van der Waals surface area (Å²) in [4.78, 5) is 35.3. The van der Waals surface area contributed by atoms with Gasteiger partial charge in [-0.2, -0.15) is 5.10 Å². The number of carbonyl (C=O) groups is 1. The molecule has 1 aromatic rings. The van der Waals surface area contributed by atoms with E-state index in [0.717, 1.165) is 0 Å². The predicted octanol–water partition coefficient (Wildman–Crippen LogP) is 3.66. The first-order chi connectivity index (χ1) is 13.5. The Balaban J connectivity index is 3.40. The molecule has 0 aliphatic carbocycles. The molecule has 9 heteroatoms. The lowest BCUT2D eigenvalue weighted by Gasteiger charge is -2.23. The lowest BCUT2D eigenvalue weighted by atomic mass is 10.0. The van der Waals surface area contributed by atoms with Crippen LogP contribution in [0.15, 0.2) is 54.0 Å². The largest absolute Gasteiger partial charge is 0.444 e. The maximum absolute atomic E-state index is 12.3. The number of aromatic amines is 1. The van der Waals surface area contributed by atoms with Crippen LogP contribution >= 0.6 is 0 Å². The summed E-state index contributed by atoms with van der Waals surface area (Å²) in [5.41, 5.74) is -1.14. The molecule has 1 aromatic heterocycles. The summed E-state index contributed by atoms with van der Waals surface area (Å²) in [6, 6.07) is 0.749. The minimum atomic E-state index is -0.694. The molecule has 0 saturated heterocycles. The number of aromatic nitrogens is 2. The van der Waals surface area contributed by atoms with Gasteiger partial charge in [0.1, 0.15) is 5.60 Å². The van der Waals surface area contributed by atoms with Crippen LogP contribution < -0.4 is 10.9 Å². The number of alkyl carbamates (subject to hydrolysis) is 1. The lowest BCUT2D eigenvalue weighted by Crippen LogP contribution is -2.35. The molecule has 0 aliphatic heterocycles. The molecule has 9 nitrogen and oxygen atoms in total. The lowest BCUT2D eigenvalue weighted by molar-refractivity contribution is -0.416. The van der Waals surface area contributed by atoms with Gasteiger partial charge in [0.25, 0.3) is 11.3 Å². The molecule has 0 bridgehead atoms. The standard InChI is InChI=1S/C20H26N4O5/c1-7-10-15(21-19(26)29-20(4,5)6)16-12-14(18(25)23-22-16)13(9-3)17(11-8-2)24(27)28/h7-9,11-12,15H,1-2,10H2,3-6H3,(H,21,26)(H,23,25)/b13-9-,17-11+/t15-/m0/s1. The predicted molar refractivity (Wildman–Crippen MR) is 111 cm³/mol. The summed E-state index contributed by atoms with van der Waals surface area (Å²) in [5, 5.41) is 20.4. The van der Waals surface area contributed by atoms with E-state index in [1.165, 1.54) is 24.3 Å². The Morgan fingerprint density at radius 3 is 2.59 bits per heavy atom. The molecule has 1 heterocycles. The maximum atomic E-state index is 12.3. The monoisotopic (exact) mass is 402 g/mol. The summed E-state index contributed by atoms with van der Waals surface area (Å²) in [6.45, 7) is 13.9. The van der Waals surface area contributed by atoms with Gasteiger partial charge in [0.15, 0.2) is 0 Å². The van der Waals surface area contributed by atoms with Crippen molar-refractivity contribution in [3.8, 4) is 0 Å². The molecular formula is C20H26N4O5. The third-order valence-corrected chi connectivity index (χ3v) is 3.60. The molecule has 0 radical (unpaired) electrons. The van der Waals surface area contributed by atoms with Crippen molar-refractivity contribution in [2.45, 2.75) is 45.8 Å². The molecule has 1 rings (SSSR count). The number of rotatable bonds is 8. The Bertz CT molecular complexity index is 906. The van der Waals surface area contributed by atoms with E-state index in [0.29, 0.717) is 12.1 Å². The van der Waals surface area contributed by atoms with E-state index >= 15 is 0 Å². The van der Waals surface area contributed by atoms with Crippen molar-refractivity contribution in [1.82, 2.24) is 15.5 Å². The number of amides is 1. The number of hydrogen-bond donors (Lipinski definition) is 2. The second kappa shape index (κ2) is 10.2. The second-order valence-corrected chi connectivity index (χ2v) is 7.01. The summed E-state index contributed by atoms with van der Waals surface area (Å²) in [5.74, 6) is 0. The third kappa shape index (κ3) is 6.87. The zero-order chi connectivity index (χ0) is 22.2.